The number of non-ortho nitro benzene ring substituents is 1. The minimum absolute atomic E-state index is 0.0393. The molecule has 0 aliphatic heterocycles. The van der Waals surface area contributed by atoms with E-state index >= 15 is 0 Å². The average molecular weight is 345 g/mol. The van der Waals surface area contributed by atoms with E-state index in [4.69, 9.17) is 9.47 Å². The van der Waals surface area contributed by atoms with Gasteiger partial charge in [-0.3, -0.25) is 10.1 Å². The van der Waals surface area contributed by atoms with Gasteiger partial charge in [-0.1, -0.05) is 0 Å². The second kappa shape index (κ2) is 6.32. The molecule has 4 fully saturated rings. The maximum absolute atomic E-state index is 11.8. The summed E-state index contributed by atoms with van der Waals surface area (Å²) in [7, 11) is 0. The minimum atomic E-state index is -0.737. The van der Waals surface area contributed by atoms with Crippen molar-refractivity contribution in [3.05, 3.63) is 34.4 Å². The van der Waals surface area contributed by atoms with E-state index in [2.05, 4.69) is 0 Å². The number of hydrogen-bond donors (Lipinski definition) is 0. The number of nitrogens with zero attached hydrogens (tertiary/aromatic N) is 1. The van der Waals surface area contributed by atoms with Crippen molar-refractivity contribution in [1.82, 2.24) is 0 Å². The number of hydrogen-bond acceptors (Lipinski definition) is 5. The van der Waals surface area contributed by atoms with Crippen LogP contribution < -0.4 is 4.74 Å². The van der Waals surface area contributed by atoms with E-state index in [-0.39, 0.29) is 11.4 Å². The molecule has 5 rings (SSSR count). The summed E-state index contributed by atoms with van der Waals surface area (Å²) < 4.78 is 10.4. The summed E-state index contributed by atoms with van der Waals surface area (Å²) in [6.45, 7) is 0.387. The third-order valence-corrected chi connectivity index (χ3v) is 6.27. The molecule has 0 atom stereocenters. The Kier molecular flexibility index (Phi) is 4.13. The lowest BCUT2D eigenvalue weighted by atomic mass is 9.49. The summed E-state index contributed by atoms with van der Waals surface area (Å²) >= 11 is 0. The van der Waals surface area contributed by atoms with Crippen LogP contribution in [0.15, 0.2) is 24.3 Å². The lowest BCUT2D eigenvalue weighted by Gasteiger charge is -2.57. The zero-order valence-corrected chi connectivity index (χ0v) is 14.2. The topological polar surface area (TPSA) is 78.7 Å². The van der Waals surface area contributed by atoms with Crippen LogP contribution in [0.1, 0.15) is 44.9 Å². The maximum Gasteiger partial charge on any atom is 0.513 e. The molecule has 0 radical (unpaired) electrons. The third-order valence-electron chi connectivity index (χ3n) is 6.27. The van der Waals surface area contributed by atoms with Gasteiger partial charge in [-0.15, -0.1) is 0 Å². The highest BCUT2D eigenvalue weighted by atomic mass is 16.7. The molecule has 0 N–H and O–H groups in total. The maximum atomic E-state index is 11.8. The van der Waals surface area contributed by atoms with Gasteiger partial charge >= 0.3 is 6.16 Å². The number of benzene rings is 1. The van der Waals surface area contributed by atoms with Gasteiger partial charge in [0.05, 0.1) is 11.5 Å². The Morgan fingerprint density at radius 3 is 2.16 bits per heavy atom. The van der Waals surface area contributed by atoms with Crippen molar-refractivity contribution in [2.75, 3.05) is 6.61 Å². The Morgan fingerprint density at radius 2 is 1.64 bits per heavy atom. The van der Waals surface area contributed by atoms with Crippen LogP contribution in [0, 0.1) is 33.3 Å². The fourth-order valence-electron chi connectivity index (χ4n) is 5.71. The summed E-state index contributed by atoms with van der Waals surface area (Å²) in [5.41, 5.74) is 0.338. The first kappa shape index (κ1) is 16.4. The highest BCUT2D eigenvalue weighted by molar-refractivity contribution is 5.63. The number of carbonyl (C=O) groups is 1. The molecule has 0 saturated heterocycles. The molecule has 4 saturated carbocycles. The van der Waals surface area contributed by atoms with Crippen LogP contribution >= 0.6 is 0 Å². The molecule has 4 aliphatic carbocycles. The molecule has 0 spiro atoms. The molecule has 0 aromatic heterocycles. The molecule has 0 amide bonds. The Labute approximate surface area is 146 Å². The largest absolute Gasteiger partial charge is 0.513 e. The summed E-state index contributed by atoms with van der Waals surface area (Å²) in [6.07, 6.45) is 8.27. The fraction of sp³-hybridized carbons (Fsp3) is 0.632. The highest BCUT2D eigenvalue weighted by Crippen LogP contribution is 2.61. The predicted octanol–water partition coefficient (Wildman–Crippen LogP) is 4.72. The van der Waals surface area contributed by atoms with Crippen molar-refractivity contribution in [2.45, 2.75) is 44.9 Å². The Hall–Kier alpha value is -2.11. The van der Waals surface area contributed by atoms with Gasteiger partial charge in [-0.25, -0.2) is 4.79 Å². The van der Waals surface area contributed by atoms with Crippen LogP contribution in [0.3, 0.4) is 0 Å². The van der Waals surface area contributed by atoms with Crippen molar-refractivity contribution >= 4 is 11.8 Å². The number of rotatable bonds is 5. The Balaban J connectivity index is 1.26. The molecule has 6 nitrogen and oxygen atoms in total. The molecule has 0 unspecified atom stereocenters. The first-order chi connectivity index (χ1) is 12.0. The summed E-state index contributed by atoms with van der Waals surface area (Å²) in [6, 6.07) is 5.41. The monoisotopic (exact) mass is 345 g/mol. The van der Waals surface area contributed by atoms with Crippen molar-refractivity contribution in [3.8, 4) is 5.75 Å². The van der Waals surface area contributed by atoms with Crippen LogP contribution in [0.25, 0.3) is 0 Å². The molecule has 0 heterocycles. The minimum Gasteiger partial charge on any atom is -0.434 e. The molecule has 1 aromatic rings. The fourth-order valence-corrected chi connectivity index (χ4v) is 5.71. The molecule has 4 aliphatic rings. The molecule has 6 heteroatoms. The van der Waals surface area contributed by atoms with Crippen molar-refractivity contribution in [1.29, 1.82) is 0 Å². The van der Waals surface area contributed by atoms with Crippen LogP contribution in [-0.4, -0.2) is 17.7 Å². The summed E-state index contributed by atoms with van der Waals surface area (Å²) in [5, 5.41) is 10.6. The van der Waals surface area contributed by atoms with Crippen LogP contribution in [0.2, 0.25) is 0 Å². The van der Waals surface area contributed by atoms with E-state index in [1.807, 2.05) is 0 Å². The first-order valence-corrected chi connectivity index (χ1v) is 9.10. The SMILES string of the molecule is O=C(OCCC12CC3CC(CC(C3)C1)C2)Oc1ccc([N+](=O)[O-])cc1. The van der Waals surface area contributed by atoms with Crippen molar-refractivity contribution < 1.29 is 19.2 Å². The zero-order valence-electron chi connectivity index (χ0n) is 14.2. The van der Waals surface area contributed by atoms with Crippen LogP contribution in [0.4, 0.5) is 10.5 Å². The molecule has 4 bridgehead atoms. The zero-order chi connectivity index (χ0) is 17.4. The number of nitro groups is 1. The van der Waals surface area contributed by atoms with Gasteiger partial charge in [-0.05, 0) is 80.2 Å². The average Bonchev–Trinajstić information content (AvgIpc) is 2.53. The normalized spacial score (nSPS) is 32.4. The van der Waals surface area contributed by atoms with Gasteiger partial charge in [0.1, 0.15) is 5.75 Å². The lowest BCUT2D eigenvalue weighted by molar-refractivity contribution is -0.384. The molecule has 134 valence electrons. The molecular formula is C19H23NO5. The van der Waals surface area contributed by atoms with Gasteiger partial charge < -0.3 is 9.47 Å². The van der Waals surface area contributed by atoms with Crippen molar-refractivity contribution in [2.24, 2.45) is 23.2 Å². The smallest absolute Gasteiger partial charge is 0.434 e. The number of ether oxygens (including phenoxy) is 2. The standard InChI is InChI=1S/C19H23NO5/c21-18(25-17-3-1-16(2-4-17)20(22)23)24-6-5-19-10-13-7-14(11-19)9-15(8-13)12-19/h1-4,13-15H,5-12H2. The van der Waals surface area contributed by atoms with Gasteiger partial charge in [0.2, 0.25) is 0 Å². The van der Waals surface area contributed by atoms with E-state index in [9.17, 15) is 14.9 Å². The van der Waals surface area contributed by atoms with Crippen LogP contribution in [0.5, 0.6) is 5.75 Å². The van der Waals surface area contributed by atoms with E-state index in [0.717, 1.165) is 24.2 Å². The number of carbonyl (C=O) groups excluding carboxylic acids is 1. The second-order valence-electron chi connectivity index (χ2n) is 8.12. The summed E-state index contributed by atoms with van der Waals surface area (Å²) in [5.74, 6) is 2.92. The van der Waals surface area contributed by atoms with E-state index in [1.165, 1.54) is 62.8 Å². The van der Waals surface area contributed by atoms with Crippen molar-refractivity contribution in [3.63, 3.8) is 0 Å². The van der Waals surface area contributed by atoms with E-state index < -0.39 is 11.1 Å². The van der Waals surface area contributed by atoms with Gasteiger partial charge in [0.15, 0.2) is 0 Å². The van der Waals surface area contributed by atoms with Gasteiger partial charge in [0, 0.05) is 12.1 Å². The Morgan fingerprint density at radius 1 is 1.08 bits per heavy atom. The number of nitro benzene ring substituents is 1. The van der Waals surface area contributed by atoms with E-state index in [1.54, 1.807) is 0 Å². The highest BCUT2D eigenvalue weighted by Gasteiger charge is 2.50. The lowest BCUT2D eigenvalue weighted by Crippen LogP contribution is -2.46. The first-order valence-electron chi connectivity index (χ1n) is 9.10. The van der Waals surface area contributed by atoms with E-state index in [0.29, 0.717) is 12.0 Å². The molecule has 1 aromatic carbocycles. The second-order valence-corrected chi connectivity index (χ2v) is 8.12. The Bertz CT molecular complexity index is 634. The van der Waals surface area contributed by atoms with Gasteiger partial charge in [-0.2, -0.15) is 0 Å². The van der Waals surface area contributed by atoms with Crippen LogP contribution in [-0.2, 0) is 4.74 Å². The predicted molar refractivity (Wildman–Crippen MR) is 90.3 cm³/mol. The summed E-state index contributed by atoms with van der Waals surface area (Å²) in [4.78, 5) is 22.0. The molecular weight excluding hydrogens is 322 g/mol. The quantitative estimate of drug-likeness (QED) is 0.334. The molecule has 25 heavy (non-hydrogen) atoms. The van der Waals surface area contributed by atoms with Gasteiger partial charge in [0.25, 0.3) is 5.69 Å². The third kappa shape index (κ3) is 3.48.